The van der Waals surface area contributed by atoms with E-state index in [0.29, 0.717) is 24.3 Å². The van der Waals surface area contributed by atoms with Crippen LogP contribution in [0.5, 0.6) is 5.75 Å². The van der Waals surface area contributed by atoms with Gasteiger partial charge in [0.25, 0.3) is 0 Å². The van der Waals surface area contributed by atoms with Gasteiger partial charge in [0, 0.05) is 5.69 Å². The highest BCUT2D eigenvalue weighted by Crippen LogP contribution is 2.46. The number of aliphatic carboxylic acids is 1. The van der Waals surface area contributed by atoms with Crippen LogP contribution >= 0.6 is 0 Å². The van der Waals surface area contributed by atoms with Crippen LogP contribution in [0.1, 0.15) is 12.8 Å². The number of ether oxygens (including phenoxy) is 1. The van der Waals surface area contributed by atoms with E-state index in [9.17, 15) is 9.59 Å². The van der Waals surface area contributed by atoms with Gasteiger partial charge in [-0.1, -0.05) is 0 Å². The number of hydrogen-bond donors (Lipinski definition) is 2. The summed E-state index contributed by atoms with van der Waals surface area (Å²) in [6.45, 7) is 0. The van der Waals surface area contributed by atoms with Crippen molar-refractivity contribution in [1.29, 1.82) is 0 Å². The van der Waals surface area contributed by atoms with Gasteiger partial charge in [0.1, 0.15) is 11.2 Å². The summed E-state index contributed by atoms with van der Waals surface area (Å²) in [5.41, 5.74) is -0.636. The Bertz CT molecular complexity index is 448. The van der Waals surface area contributed by atoms with E-state index in [1.807, 2.05) is 0 Å². The van der Waals surface area contributed by atoms with E-state index in [0.717, 1.165) is 0 Å². The molecule has 17 heavy (non-hydrogen) atoms. The summed E-state index contributed by atoms with van der Waals surface area (Å²) >= 11 is 0. The van der Waals surface area contributed by atoms with E-state index in [-0.39, 0.29) is 0 Å². The van der Waals surface area contributed by atoms with Gasteiger partial charge in [0.05, 0.1) is 7.11 Å². The number of amides is 1. The third kappa shape index (κ3) is 2.08. The molecule has 90 valence electrons. The highest BCUT2D eigenvalue weighted by atomic mass is 16.5. The Morgan fingerprint density at radius 2 is 1.88 bits per heavy atom. The zero-order valence-electron chi connectivity index (χ0n) is 9.40. The molecule has 2 rings (SSSR count). The number of benzene rings is 1. The first-order valence-electron chi connectivity index (χ1n) is 5.27. The van der Waals surface area contributed by atoms with Crippen molar-refractivity contribution >= 4 is 17.6 Å². The van der Waals surface area contributed by atoms with Crippen molar-refractivity contribution in [2.75, 3.05) is 12.4 Å². The molecular formula is C12H13NO4. The lowest BCUT2D eigenvalue weighted by Crippen LogP contribution is -2.31. The molecule has 5 heteroatoms. The van der Waals surface area contributed by atoms with E-state index >= 15 is 0 Å². The molecule has 1 amide bonds. The third-order valence-electron chi connectivity index (χ3n) is 2.94. The number of methoxy groups -OCH3 is 1. The number of anilines is 1. The molecule has 1 aliphatic rings. The van der Waals surface area contributed by atoms with Gasteiger partial charge in [0.15, 0.2) is 0 Å². The van der Waals surface area contributed by atoms with Crippen LogP contribution in [-0.4, -0.2) is 24.1 Å². The normalized spacial score (nSPS) is 16.1. The second kappa shape index (κ2) is 4.08. The second-order valence-electron chi connectivity index (χ2n) is 4.07. The fraction of sp³-hybridized carbons (Fsp3) is 0.333. The van der Waals surface area contributed by atoms with Crippen LogP contribution in [-0.2, 0) is 9.59 Å². The average Bonchev–Trinajstić information content (AvgIpc) is 3.11. The monoisotopic (exact) mass is 235 g/mol. The van der Waals surface area contributed by atoms with Crippen molar-refractivity contribution in [3.05, 3.63) is 24.3 Å². The molecule has 0 atom stereocenters. The molecule has 0 heterocycles. The van der Waals surface area contributed by atoms with E-state index in [4.69, 9.17) is 9.84 Å². The van der Waals surface area contributed by atoms with Crippen LogP contribution in [0.3, 0.4) is 0 Å². The summed E-state index contributed by atoms with van der Waals surface area (Å²) in [5.74, 6) is -0.818. The van der Waals surface area contributed by atoms with Crippen molar-refractivity contribution in [2.45, 2.75) is 12.8 Å². The molecule has 0 aliphatic heterocycles. The Balaban J connectivity index is 2.06. The lowest BCUT2D eigenvalue weighted by atomic mass is 10.1. The van der Waals surface area contributed by atoms with Crippen molar-refractivity contribution in [3.63, 3.8) is 0 Å². The van der Waals surface area contributed by atoms with Crippen LogP contribution in [0.25, 0.3) is 0 Å². The smallest absolute Gasteiger partial charge is 0.319 e. The van der Waals surface area contributed by atoms with E-state index < -0.39 is 17.3 Å². The number of carbonyl (C=O) groups is 2. The molecule has 0 unspecified atom stereocenters. The Kier molecular flexibility index (Phi) is 2.75. The van der Waals surface area contributed by atoms with E-state index in [1.54, 1.807) is 31.4 Å². The number of carboxylic acids is 1. The van der Waals surface area contributed by atoms with Crippen molar-refractivity contribution in [3.8, 4) is 5.75 Å². The van der Waals surface area contributed by atoms with Gasteiger partial charge >= 0.3 is 5.97 Å². The SMILES string of the molecule is COc1ccc(NC(=O)C2(C(=O)O)CC2)cc1. The van der Waals surface area contributed by atoms with Crippen LogP contribution in [0.15, 0.2) is 24.3 Å². The average molecular weight is 235 g/mol. The second-order valence-corrected chi connectivity index (χ2v) is 4.07. The summed E-state index contributed by atoms with van der Waals surface area (Å²) in [6, 6.07) is 6.76. The van der Waals surface area contributed by atoms with Gasteiger partial charge in [-0.05, 0) is 37.1 Å². The Hall–Kier alpha value is -2.04. The van der Waals surface area contributed by atoms with Gasteiger partial charge < -0.3 is 15.2 Å². The third-order valence-corrected chi connectivity index (χ3v) is 2.94. The molecule has 1 saturated carbocycles. The quantitative estimate of drug-likeness (QED) is 0.775. The Morgan fingerprint density at radius 3 is 2.29 bits per heavy atom. The standard InChI is InChI=1S/C12H13NO4/c1-17-9-4-2-8(3-5-9)13-10(14)12(6-7-12)11(15)16/h2-5H,6-7H2,1H3,(H,13,14)(H,15,16). The zero-order valence-corrected chi connectivity index (χ0v) is 9.40. The van der Waals surface area contributed by atoms with Crippen molar-refractivity contribution in [2.24, 2.45) is 5.41 Å². The number of carbonyl (C=O) groups excluding carboxylic acids is 1. The van der Waals surface area contributed by atoms with Gasteiger partial charge in [0.2, 0.25) is 5.91 Å². The van der Waals surface area contributed by atoms with Gasteiger partial charge in [-0.2, -0.15) is 0 Å². The van der Waals surface area contributed by atoms with Gasteiger partial charge in [-0.15, -0.1) is 0 Å². The molecular weight excluding hydrogens is 222 g/mol. The molecule has 1 aromatic rings. The minimum Gasteiger partial charge on any atom is -0.497 e. The fourth-order valence-electron chi connectivity index (χ4n) is 1.59. The molecule has 1 fully saturated rings. The summed E-state index contributed by atoms with van der Waals surface area (Å²) in [5, 5.41) is 11.6. The first-order valence-corrected chi connectivity index (χ1v) is 5.27. The summed E-state index contributed by atoms with van der Waals surface area (Å²) in [4.78, 5) is 22.7. The molecule has 1 aliphatic carbocycles. The van der Waals surface area contributed by atoms with Gasteiger partial charge in [-0.3, -0.25) is 9.59 Å². The largest absolute Gasteiger partial charge is 0.497 e. The van der Waals surface area contributed by atoms with Crippen LogP contribution < -0.4 is 10.1 Å². The van der Waals surface area contributed by atoms with Crippen LogP contribution in [0.2, 0.25) is 0 Å². The summed E-state index contributed by atoms with van der Waals surface area (Å²) in [7, 11) is 1.55. The molecule has 5 nitrogen and oxygen atoms in total. The lowest BCUT2D eigenvalue weighted by Gasteiger charge is -2.10. The predicted octanol–water partition coefficient (Wildman–Crippen LogP) is 1.50. The summed E-state index contributed by atoms with van der Waals surface area (Å²) < 4.78 is 4.99. The first kappa shape index (κ1) is 11.4. The minimum atomic E-state index is -1.21. The van der Waals surface area contributed by atoms with Gasteiger partial charge in [-0.25, -0.2) is 0 Å². The molecule has 2 N–H and O–H groups in total. The van der Waals surface area contributed by atoms with E-state index in [1.165, 1.54) is 0 Å². The number of rotatable bonds is 4. The molecule has 0 aromatic heterocycles. The van der Waals surface area contributed by atoms with Crippen LogP contribution in [0, 0.1) is 5.41 Å². The van der Waals surface area contributed by atoms with Crippen molar-refractivity contribution < 1.29 is 19.4 Å². The number of nitrogens with one attached hydrogen (secondary N) is 1. The predicted molar refractivity (Wildman–Crippen MR) is 60.9 cm³/mol. The molecule has 0 bridgehead atoms. The zero-order chi connectivity index (χ0) is 12.5. The maximum absolute atomic E-state index is 11.8. The molecule has 0 saturated heterocycles. The van der Waals surface area contributed by atoms with Crippen molar-refractivity contribution in [1.82, 2.24) is 0 Å². The minimum absolute atomic E-state index is 0.407. The molecule has 1 aromatic carbocycles. The lowest BCUT2D eigenvalue weighted by molar-refractivity contribution is -0.147. The first-order chi connectivity index (χ1) is 8.08. The Morgan fingerprint density at radius 1 is 1.29 bits per heavy atom. The number of hydrogen-bond acceptors (Lipinski definition) is 3. The highest BCUT2D eigenvalue weighted by molar-refractivity contribution is 6.10. The molecule has 0 radical (unpaired) electrons. The van der Waals surface area contributed by atoms with Crippen LogP contribution in [0.4, 0.5) is 5.69 Å². The topological polar surface area (TPSA) is 75.6 Å². The maximum Gasteiger partial charge on any atom is 0.319 e. The summed E-state index contributed by atoms with van der Waals surface area (Å²) in [6.07, 6.45) is 0.814. The maximum atomic E-state index is 11.8. The number of carboxylic acid groups (broad SMARTS) is 1. The fourth-order valence-corrected chi connectivity index (χ4v) is 1.59. The Labute approximate surface area is 98.4 Å². The molecule has 0 spiro atoms. The highest BCUT2D eigenvalue weighted by Gasteiger charge is 2.57. The van der Waals surface area contributed by atoms with E-state index in [2.05, 4.69) is 5.32 Å².